The van der Waals surface area contributed by atoms with Crippen LogP contribution < -0.4 is 16.2 Å². The molecule has 0 bridgehead atoms. The Morgan fingerprint density at radius 3 is 2.67 bits per heavy atom. The molecule has 0 saturated carbocycles. The summed E-state index contributed by atoms with van der Waals surface area (Å²) in [5, 5.41) is 0.723. The van der Waals surface area contributed by atoms with Crippen molar-refractivity contribution < 1.29 is 9.53 Å². The van der Waals surface area contributed by atoms with E-state index in [0.29, 0.717) is 28.6 Å². The van der Waals surface area contributed by atoms with Crippen LogP contribution in [0.15, 0.2) is 47.3 Å². The van der Waals surface area contributed by atoms with Crippen LogP contribution in [0.1, 0.15) is 17.4 Å². The van der Waals surface area contributed by atoms with E-state index >= 15 is 0 Å². The number of carbonyl (C=O) groups is 1. The third-order valence-corrected chi connectivity index (χ3v) is 4.90. The van der Waals surface area contributed by atoms with Crippen LogP contribution in [0.4, 0.5) is 0 Å². The highest BCUT2D eigenvalue weighted by Gasteiger charge is 2.22. The summed E-state index contributed by atoms with van der Waals surface area (Å²) in [7, 11) is 0. The van der Waals surface area contributed by atoms with Crippen LogP contribution in [-0.2, 0) is 0 Å². The van der Waals surface area contributed by atoms with Crippen LogP contribution in [0.3, 0.4) is 0 Å². The van der Waals surface area contributed by atoms with Crippen molar-refractivity contribution in [2.45, 2.75) is 6.92 Å². The van der Waals surface area contributed by atoms with Crippen LogP contribution in [0.5, 0.6) is 5.75 Å². The molecular formula is C20H15Cl2N5O3. The number of primary amides is 1. The number of H-pyrrole nitrogens is 1. The highest BCUT2D eigenvalue weighted by molar-refractivity contribution is 6.36. The van der Waals surface area contributed by atoms with E-state index in [9.17, 15) is 9.59 Å². The molecule has 0 radical (unpaired) electrons. The van der Waals surface area contributed by atoms with Crippen LogP contribution in [0.25, 0.3) is 28.2 Å². The summed E-state index contributed by atoms with van der Waals surface area (Å²) in [6.45, 7) is 2.24. The maximum absolute atomic E-state index is 12.8. The molecule has 2 heterocycles. The standard InChI is InChI=1S/C20H15Cl2N5O3/c1-2-30-14-6-4-3-5-13(14)27-19-16(25-20(27)29)15(17(23)28)24-18(26-19)11-8-7-10(21)9-12(11)22/h3-9H,2H2,1H3,(H2,23,28)(H,25,29). The number of aromatic amines is 1. The Hall–Kier alpha value is -3.36. The van der Waals surface area contributed by atoms with Gasteiger partial charge in [0.2, 0.25) is 0 Å². The molecule has 3 N–H and O–H groups in total. The molecular weight excluding hydrogens is 429 g/mol. The number of hydrogen-bond donors (Lipinski definition) is 2. The van der Waals surface area contributed by atoms with E-state index in [-0.39, 0.29) is 27.7 Å². The number of carbonyl (C=O) groups excluding carboxylic acids is 1. The fraction of sp³-hybridized carbons (Fsp3) is 0.100. The highest BCUT2D eigenvalue weighted by atomic mass is 35.5. The molecule has 0 atom stereocenters. The Bertz CT molecular complexity index is 1350. The first-order valence-electron chi connectivity index (χ1n) is 8.91. The largest absolute Gasteiger partial charge is 0.492 e. The van der Waals surface area contributed by atoms with Crippen molar-refractivity contribution in [3.05, 3.63) is 68.7 Å². The Morgan fingerprint density at radius 1 is 1.20 bits per heavy atom. The molecule has 2 aromatic heterocycles. The number of hydrogen-bond acceptors (Lipinski definition) is 5. The maximum Gasteiger partial charge on any atom is 0.332 e. The van der Waals surface area contributed by atoms with Gasteiger partial charge < -0.3 is 15.5 Å². The van der Waals surface area contributed by atoms with Crippen molar-refractivity contribution in [3.8, 4) is 22.8 Å². The lowest BCUT2D eigenvalue weighted by molar-refractivity contribution is 0.0997. The summed E-state index contributed by atoms with van der Waals surface area (Å²) in [4.78, 5) is 36.3. The summed E-state index contributed by atoms with van der Waals surface area (Å²) < 4.78 is 6.95. The summed E-state index contributed by atoms with van der Waals surface area (Å²) in [5.74, 6) is -0.215. The first-order valence-corrected chi connectivity index (χ1v) is 9.66. The third-order valence-electron chi connectivity index (χ3n) is 4.35. The molecule has 30 heavy (non-hydrogen) atoms. The highest BCUT2D eigenvalue weighted by Crippen LogP contribution is 2.31. The molecule has 0 aliphatic rings. The number of para-hydroxylation sites is 2. The molecule has 2 aromatic carbocycles. The van der Waals surface area contributed by atoms with E-state index in [1.54, 1.807) is 36.4 Å². The number of rotatable bonds is 5. The van der Waals surface area contributed by atoms with Crippen LogP contribution in [0.2, 0.25) is 10.0 Å². The minimum absolute atomic E-state index is 0.118. The predicted molar refractivity (Wildman–Crippen MR) is 115 cm³/mol. The van der Waals surface area contributed by atoms with Crippen molar-refractivity contribution in [2.75, 3.05) is 6.61 Å². The fourth-order valence-corrected chi connectivity index (χ4v) is 3.59. The van der Waals surface area contributed by atoms with Crippen LogP contribution in [-0.4, -0.2) is 32.0 Å². The molecule has 4 rings (SSSR count). The maximum atomic E-state index is 12.8. The molecule has 10 heteroatoms. The zero-order valence-corrected chi connectivity index (χ0v) is 17.2. The van der Waals surface area contributed by atoms with Gasteiger partial charge in [-0.15, -0.1) is 0 Å². The van der Waals surface area contributed by atoms with E-state index in [1.807, 2.05) is 6.92 Å². The molecule has 1 amide bonds. The predicted octanol–water partition coefficient (Wildman–Crippen LogP) is 3.58. The second-order valence-electron chi connectivity index (χ2n) is 6.25. The topological polar surface area (TPSA) is 116 Å². The van der Waals surface area contributed by atoms with Crippen LogP contribution in [0, 0.1) is 0 Å². The Balaban J connectivity index is 2.07. The lowest BCUT2D eigenvalue weighted by Crippen LogP contribution is -2.16. The van der Waals surface area contributed by atoms with Crippen molar-refractivity contribution in [1.82, 2.24) is 19.5 Å². The SMILES string of the molecule is CCOc1ccccc1-n1c(=O)[nH]c2c(C(N)=O)nc(-c3ccc(Cl)cc3Cl)nc21. The van der Waals surface area contributed by atoms with E-state index in [0.717, 1.165) is 0 Å². The van der Waals surface area contributed by atoms with Crippen molar-refractivity contribution in [2.24, 2.45) is 5.73 Å². The number of imidazole rings is 1. The van der Waals surface area contributed by atoms with Gasteiger partial charge in [-0.3, -0.25) is 4.79 Å². The van der Waals surface area contributed by atoms with Gasteiger partial charge in [-0.05, 0) is 37.3 Å². The number of ether oxygens (including phenoxy) is 1. The normalized spacial score (nSPS) is 11.0. The number of nitrogens with zero attached hydrogens (tertiary/aromatic N) is 3. The van der Waals surface area contributed by atoms with Gasteiger partial charge in [0.1, 0.15) is 11.3 Å². The minimum atomic E-state index is -0.819. The molecule has 0 unspecified atom stereocenters. The quantitative estimate of drug-likeness (QED) is 0.488. The molecule has 0 aliphatic heterocycles. The Labute approximate surface area is 180 Å². The number of nitrogens with two attached hydrogens (primary N) is 1. The number of aromatic nitrogens is 4. The Morgan fingerprint density at radius 2 is 1.97 bits per heavy atom. The van der Waals surface area contributed by atoms with Gasteiger partial charge in [0.15, 0.2) is 17.2 Å². The minimum Gasteiger partial charge on any atom is -0.492 e. The molecule has 0 saturated heterocycles. The number of nitrogens with one attached hydrogen (secondary N) is 1. The molecule has 0 aliphatic carbocycles. The molecule has 8 nitrogen and oxygen atoms in total. The van der Waals surface area contributed by atoms with Gasteiger partial charge in [-0.1, -0.05) is 35.3 Å². The average molecular weight is 444 g/mol. The lowest BCUT2D eigenvalue weighted by Gasteiger charge is -2.11. The van der Waals surface area contributed by atoms with Crippen LogP contribution >= 0.6 is 23.2 Å². The number of halogens is 2. The summed E-state index contributed by atoms with van der Waals surface area (Å²) in [5.41, 5.74) is 6.04. The lowest BCUT2D eigenvalue weighted by atomic mass is 10.2. The first-order chi connectivity index (χ1) is 14.4. The average Bonchev–Trinajstić information content (AvgIpc) is 3.03. The first kappa shape index (κ1) is 19.9. The molecule has 0 fully saturated rings. The second-order valence-corrected chi connectivity index (χ2v) is 7.09. The zero-order valence-electron chi connectivity index (χ0n) is 15.6. The number of benzene rings is 2. The Kier molecular flexibility index (Phi) is 5.19. The fourth-order valence-electron chi connectivity index (χ4n) is 3.10. The van der Waals surface area contributed by atoms with Gasteiger partial charge in [-0.2, -0.15) is 0 Å². The van der Waals surface area contributed by atoms with E-state index in [2.05, 4.69) is 15.0 Å². The van der Waals surface area contributed by atoms with Crippen molar-refractivity contribution >= 4 is 40.3 Å². The van der Waals surface area contributed by atoms with Gasteiger partial charge in [0, 0.05) is 10.6 Å². The van der Waals surface area contributed by atoms with Crippen molar-refractivity contribution in [3.63, 3.8) is 0 Å². The molecule has 4 aromatic rings. The zero-order chi connectivity index (χ0) is 21.4. The second kappa shape index (κ2) is 7.81. The summed E-state index contributed by atoms with van der Waals surface area (Å²) in [6.07, 6.45) is 0. The molecule has 152 valence electrons. The van der Waals surface area contributed by atoms with Crippen molar-refractivity contribution in [1.29, 1.82) is 0 Å². The summed E-state index contributed by atoms with van der Waals surface area (Å²) in [6, 6.07) is 11.8. The van der Waals surface area contributed by atoms with Gasteiger partial charge in [-0.25, -0.2) is 19.3 Å². The van der Waals surface area contributed by atoms with Gasteiger partial charge in [0.25, 0.3) is 5.91 Å². The van der Waals surface area contributed by atoms with E-state index in [4.69, 9.17) is 33.7 Å². The number of amides is 1. The monoisotopic (exact) mass is 443 g/mol. The third kappa shape index (κ3) is 3.40. The smallest absolute Gasteiger partial charge is 0.332 e. The van der Waals surface area contributed by atoms with E-state index < -0.39 is 11.6 Å². The van der Waals surface area contributed by atoms with E-state index in [1.165, 1.54) is 10.6 Å². The molecule has 0 spiro atoms. The number of fused-ring (bicyclic) bond motifs is 1. The van der Waals surface area contributed by atoms with Gasteiger partial charge in [0.05, 0.1) is 17.3 Å². The summed E-state index contributed by atoms with van der Waals surface area (Å²) >= 11 is 12.3. The van der Waals surface area contributed by atoms with Gasteiger partial charge >= 0.3 is 5.69 Å².